The maximum Gasteiger partial charge on any atom is 0.276 e. The Morgan fingerprint density at radius 1 is 1.32 bits per heavy atom. The molecule has 0 aliphatic heterocycles. The maximum atomic E-state index is 12.2. The summed E-state index contributed by atoms with van der Waals surface area (Å²) < 4.78 is 28.5. The van der Waals surface area contributed by atoms with Gasteiger partial charge in [0, 0.05) is 17.7 Å². The molecule has 0 fully saturated rings. The summed E-state index contributed by atoms with van der Waals surface area (Å²) in [6, 6.07) is 5.35. The molecule has 0 N–H and O–H groups in total. The van der Waals surface area contributed by atoms with Crippen LogP contribution >= 0.6 is 10.3 Å². The molecule has 0 unspecified atom stereocenters. The van der Waals surface area contributed by atoms with Crippen LogP contribution in [0.15, 0.2) is 24.3 Å². The van der Waals surface area contributed by atoms with Gasteiger partial charge in [0.05, 0.1) is 16.4 Å². The van der Waals surface area contributed by atoms with Gasteiger partial charge in [0.25, 0.3) is 15.8 Å². The zero-order chi connectivity index (χ0) is 17.0. The van der Waals surface area contributed by atoms with Crippen LogP contribution in [0, 0.1) is 10.1 Å². The number of carbonyl (C=O) groups excluding carboxylic acids is 1. The van der Waals surface area contributed by atoms with Crippen LogP contribution in [0.5, 0.6) is 0 Å². The molecule has 0 amide bonds. The highest BCUT2D eigenvalue weighted by Crippen LogP contribution is 2.43. The number of ketones is 1. The van der Waals surface area contributed by atoms with Gasteiger partial charge in [-0.2, -0.15) is 8.42 Å². The summed E-state index contributed by atoms with van der Waals surface area (Å²) in [5.74, 6) is -0.596. The number of rotatable bonds is 8. The number of non-ortho nitro benzene ring substituents is 1. The van der Waals surface area contributed by atoms with Gasteiger partial charge in [-0.1, -0.05) is 19.1 Å². The summed E-state index contributed by atoms with van der Waals surface area (Å²) in [6.07, 6.45) is 3.58. The molecule has 9 heteroatoms. The van der Waals surface area contributed by atoms with E-state index in [0.717, 1.165) is 0 Å². The largest absolute Gasteiger partial charge is 0.293 e. The van der Waals surface area contributed by atoms with Crippen molar-refractivity contribution in [1.82, 2.24) is 0 Å². The Morgan fingerprint density at radius 3 is 2.50 bits per heavy atom. The molecule has 0 radical (unpaired) electrons. The van der Waals surface area contributed by atoms with Crippen LogP contribution in [0.4, 0.5) is 5.69 Å². The van der Waals surface area contributed by atoms with Gasteiger partial charge in [-0.05, 0) is 18.9 Å². The minimum Gasteiger partial charge on any atom is -0.293 e. The van der Waals surface area contributed by atoms with Crippen LogP contribution in [-0.2, 0) is 13.7 Å². The van der Waals surface area contributed by atoms with Crippen LogP contribution in [0.3, 0.4) is 0 Å². The quantitative estimate of drug-likeness (QED) is 0.406. The smallest absolute Gasteiger partial charge is 0.276 e. The van der Waals surface area contributed by atoms with Gasteiger partial charge < -0.3 is 0 Å². The van der Waals surface area contributed by atoms with Crippen LogP contribution < -0.4 is 0 Å². The molecule has 0 saturated carbocycles. The van der Waals surface area contributed by atoms with Crippen molar-refractivity contribution >= 4 is 31.9 Å². The molecule has 0 aliphatic carbocycles. The van der Waals surface area contributed by atoms with Crippen LogP contribution in [0.2, 0.25) is 0 Å². The number of hydrogen-bond acceptors (Lipinski definition) is 6. The molecule has 0 aliphatic rings. The first-order valence-electron chi connectivity index (χ1n) is 6.49. The zero-order valence-electron chi connectivity index (χ0n) is 12.6. The van der Waals surface area contributed by atoms with Gasteiger partial charge in [-0.3, -0.25) is 14.9 Å². The third-order valence-electron chi connectivity index (χ3n) is 2.60. The fourth-order valence-electron chi connectivity index (χ4n) is 1.78. The van der Waals surface area contributed by atoms with Crippen molar-refractivity contribution in [2.75, 3.05) is 24.0 Å². The molecule has 1 aromatic rings. The van der Waals surface area contributed by atoms with Gasteiger partial charge >= 0.3 is 0 Å². The van der Waals surface area contributed by atoms with E-state index >= 15 is 0 Å². The Bertz CT molecular complexity index is 669. The van der Waals surface area contributed by atoms with Crippen molar-refractivity contribution < 1.29 is 21.8 Å². The second kappa shape index (κ2) is 7.21. The summed E-state index contributed by atoms with van der Waals surface area (Å²) in [7, 11) is -5.81. The molecule has 1 rings (SSSR count). The van der Waals surface area contributed by atoms with Gasteiger partial charge in [0.1, 0.15) is 0 Å². The molecule has 0 heterocycles. The summed E-state index contributed by atoms with van der Waals surface area (Å²) in [5, 5.41) is 10.7. The van der Waals surface area contributed by atoms with E-state index in [1.54, 1.807) is 19.4 Å². The number of hydrogen-bond donors (Lipinski definition) is 0. The van der Waals surface area contributed by atoms with Crippen LogP contribution in [0.25, 0.3) is 0 Å². The van der Waals surface area contributed by atoms with E-state index in [0.29, 0.717) is 6.42 Å². The molecule has 124 valence electrons. The SMILES string of the molecule is CCCS(=O)(=O)OS(C)(C)CC(=O)c1cccc([N+](=O)[O-])c1. The zero-order valence-corrected chi connectivity index (χ0v) is 14.3. The second-order valence-electron chi connectivity index (χ2n) is 5.14. The highest BCUT2D eigenvalue weighted by Gasteiger charge is 2.25. The first-order chi connectivity index (χ1) is 10.1. The first-order valence-corrected chi connectivity index (χ1v) is 10.6. The highest BCUT2D eigenvalue weighted by atomic mass is 32.3. The van der Waals surface area contributed by atoms with Crippen molar-refractivity contribution in [3.8, 4) is 0 Å². The lowest BCUT2D eigenvalue weighted by atomic mass is 10.1. The minimum atomic E-state index is -3.66. The molecule has 0 saturated heterocycles. The lowest BCUT2D eigenvalue weighted by Crippen LogP contribution is -2.19. The predicted octanol–water partition coefficient (Wildman–Crippen LogP) is 2.51. The van der Waals surface area contributed by atoms with E-state index < -0.39 is 25.4 Å². The molecule has 7 nitrogen and oxygen atoms in total. The fraction of sp³-hybridized carbons (Fsp3) is 0.462. The van der Waals surface area contributed by atoms with Gasteiger partial charge in [0.2, 0.25) is 0 Å². The lowest BCUT2D eigenvalue weighted by molar-refractivity contribution is -0.384. The van der Waals surface area contributed by atoms with E-state index in [1.807, 2.05) is 0 Å². The van der Waals surface area contributed by atoms with E-state index in [1.165, 1.54) is 24.3 Å². The number of nitro benzene ring substituents is 1. The molecule has 0 aromatic heterocycles. The average molecular weight is 349 g/mol. The molecular weight excluding hydrogens is 330 g/mol. The highest BCUT2D eigenvalue weighted by molar-refractivity contribution is 8.32. The standard InChI is InChI=1S/C13H19NO6S2/c1-4-8-22(18,19)20-21(2,3)10-13(15)11-6-5-7-12(9-11)14(16)17/h5-7,9H,4,8,10H2,1-3H3. The Kier molecular flexibility index (Phi) is 6.09. The topological polar surface area (TPSA) is 104 Å². The number of carbonyl (C=O) groups is 1. The van der Waals surface area contributed by atoms with E-state index in [-0.39, 0.29) is 28.5 Å². The second-order valence-corrected chi connectivity index (χ2v) is 10.4. The number of Topliss-reactive ketones (excluding diaryl/α,β-unsaturated/α-hetero) is 1. The molecule has 22 heavy (non-hydrogen) atoms. The predicted molar refractivity (Wildman–Crippen MR) is 86.9 cm³/mol. The third-order valence-corrected chi connectivity index (χ3v) is 6.77. The van der Waals surface area contributed by atoms with Crippen LogP contribution in [-0.4, -0.2) is 43.1 Å². The Morgan fingerprint density at radius 2 is 1.95 bits per heavy atom. The van der Waals surface area contributed by atoms with E-state index in [4.69, 9.17) is 3.63 Å². The van der Waals surface area contributed by atoms with E-state index in [9.17, 15) is 23.3 Å². The van der Waals surface area contributed by atoms with E-state index in [2.05, 4.69) is 0 Å². The fourth-order valence-corrected chi connectivity index (χ4v) is 5.79. The molecular formula is C13H19NO6S2. The Labute approximate surface area is 131 Å². The van der Waals surface area contributed by atoms with Crippen molar-refractivity contribution in [3.05, 3.63) is 39.9 Å². The van der Waals surface area contributed by atoms with Crippen molar-refractivity contribution in [2.24, 2.45) is 0 Å². The summed E-state index contributed by atoms with van der Waals surface area (Å²) in [4.78, 5) is 22.3. The molecule has 0 atom stereocenters. The summed E-state index contributed by atoms with van der Waals surface area (Å²) >= 11 is 0. The first kappa shape index (κ1) is 18.6. The van der Waals surface area contributed by atoms with Crippen molar-refractivity contribution in [1.29, 1.82) is 0 Å². The minimum absolute atomic E-state index is 0.103. The monoisotopic (exact) mass is 349 g/mol. The van der Waals surface area contributed by atoms with Gasteiger partial charge in [-0.25, -0.2) is 3.63 Å². The normalized spacial score (nSPS) is 12.9. The third kappa shape index (κ3) is 5.74. The summed E-state index contributed by atoms with van der Waals surface area (Å²) in [5.41, 5.74) is -0.00977. The Hall–Kier alpha value is -1.45. The van der Waals surface area contributed by atoms with Crippen LogP contribution in [0.1, 0.15) is 23.7 Å². The van der Waals surface area contributed by atoms with Gasteiger partial charge in [-0.15, -0.1) is 10.3 Å². The van der Waals surface area contributed by atoms with Crippen molar-refractivity contribution in [3.63, 3.8) is 0 Å². The lowest BCUT2D eigenvalue weighted by Gasteiger charge is -2.28. The average Bonchev–Trinajstić information content (AvgIpc) is 2.36. The number of benzene rings is 1. The molecule has 0 bridgehead atoms. The number of nitrogens with zero attached hydrogens (tertiary/aromatic N) is 1. The van der Waals surface area contributed by atoms with Crippen molar-refractivity contribution in [2.45, 2.75) is 13.3 Å². The maximum absolute atomic E-state index is 12.2. The summed E-state index contributed by atoms with van der Waals surface area (Å²) in [6.45, 7) is 1.72. The molecule has 0 spiro atoms. The number of nitro groups is 1. The Balaban J connectivity index is 2.87. The van der Waals surface area contributed by atoms with Gasteiger partial charge in [0.15, 0.2) is 5.78 Å². The molecule has 1 aromatic carbocycles.